The van der Waals surface area contributed by atoms with Crippen LogP contribution in [-0.2, 0) is 0 Å². The van der Waals surface area contributed by atoms with Crippen molar-refractivity contribution in [3.8, 4) is 0 Å². The summed E-state index contributed by atoms with van der Waals surface area (Å²) in [5, 5.41) is 23.0. The smallest absolute Gasteiger partial charge is 0.286 e. The lowest BCUT2D eigenvalue weighted by Gasteiger charge is -2.28. The van der Waals surface area contributed by atoms with Gasteiger partial charge in [0.05, 0.1) is 23.3 Å². The van der Waals surface area contributed by atoms with Crippen LogP contribution in [0.15, 0.2) is 17.1 Å². The molecule has 1 aromatic heterocycles. The molecule has 2 atom stereocenters. The Morgan fingerprint density at radius 2 is 2.15 bits per heavy atom. The number of H-pyrrole nitrogens is 1. The van der Waals surface area contributed by atoms with Gasteiger partial charge in [0, 0.05) is 6.07 Å². The van der Waals surface area contributed by atoms with E-state index in [1.807, 2.05) is 0 Å². The lowest BCUT2D eigenvalue weighted by Crippen LogP contribution is -2.46. The molecule has 1 aliphatic carbocycles. The predicted molar refractivity (Wildman–Crippen MR) is 69.4 cm³/mol. The Morgan fingerprint density at radius 1 is 1.45 bits per heavy atom. The van der Waals surface area contributed by atoms with Crippen molar-refractivity contribution >= 4 is 11.6 Å². The first-order valence-corrected chi connectivity index (χ1v) is 6.35. The number of nitro groups is 1. The number of rotatable bonds is 3. The van der Waals surface area contributed by atoms with Crippen LogP contribution in [0.3, 0.4) is 0 Å². The van der Waals surface area contributed by atoms with Gasteiger partial charge in [-0.2, -0.15) is 0 Å². The van der Waals surface area contributed by atoms with Gasteiger partial charge in [-0.15, -0.1) is 0 Å². The standard InChI is InChI=1S/C12H15N3O5/c16-10-4-2-1-3-9(10)14-12(18)8-5-7(15(19)20)6-13-11(8)17/h5-6,9-10,16H,1-4H2,(H,13,17)(H,14,18)/t9-,10-/m1/s1. The maximum absolute atomic E-state index is 12.0. The average molecular weight is 281 g/mol. The second-order valence-electron chi connectivity index (χ2n) is 4.79. The maximum atomic E-state index is 12.0. The molecule has 0 bridgehead atoms. The molecule has 108 valence electrons. The van der Waals surface area contributed by atoms with Crippen molar-refractivity contribution in [1.29, 1.82) is 0 Å². The molecule has 0 unspecified atom stereocenters. The number of aromatic amines is 1. The molecular weight excluding hydrogens is 266 g/mol. The highest BCUT2D eigenvalue weighted by Crippen LogP contribution is 2.18. The second kappa shape index (κ2) is 5.83. The topological polar surface area (TPSA) is 125 Å². The van der Waals surface area contributed by atoms with Gasteiger partial charge in [-0.1, -0.05) is 12.8 Å². The highest BCUT2D eigenvalue weighted by atomic mass is 16.6. The van der Waals surface area contributed by atoms with E-state index in [4.69, 9.17) is 0 Å². The van der Waals surface area contributed by atoms with E-state index in [0.717, 1.165) is 25.1 Å². The third-order valence-electron chi connectivity index (χ3n) is 3.39. The maximum Gasteiger partial charge on any atom is 0.286 e. The monoisotopic (exact) mass is 281 g/mol. The normalized spacial score (nSPS) is 22.2. The first kappa shape index (κ1) is 14.2. The average Bonchev–Trinajstić information content (AvgIpc) is 2.41. The molecule has 1 aliphatic rings. The zero-order valence-electron chi connectivity index (χ0n) is 10.7. The summed E-state index contributed by atoms with van der Waals surface area (Å²) in [5.74, 6) is -0.708. The fourth-order valence-corrected chi connectivity index (χ4v) is 2.27. The van der Waals surface area contributed by atoms with Crippen LogP contribution in [0.1, 0.15) is 36.0 Å². The number of hydrogen-bond donors (Lipinski definition) is 3. The molecule has 1 heterocycles. The Bertz CT molecular complexity index is 583. The first-order valence-electron chi connectivity index (χ1n) is 6.35. The SMILES string of the molecule is O=C(N[C@@H]1CCCC[C@H]1O)c1cc([N+](=O)[O-])c[nH]c1=O. The van der Waals surface area contributed by atoms with E-state index >= 15 is 0 Å². The van der Waals surface area contributed by atoms with Crippen LogP contribution in [0.2, 0.25) is 0 Å². The van der Waals surface area contributed by atoms with E-state index in [-0.39, 0.29) is 11.3 Å². The molecule has 1 aromatic rings. The van der Waals surface area contributed by atoms with Gasteiger partial charge in [0.2, 0.25) is 0 Å². The third-order valence-corrected chi connectivity index (χ3v) is 3.39. The quantitative estimate of drug-likeness (QED) is 0.543. The van der Waals surface area contributed by atoms with Crippen LogP contribution < -0.4 is 10.9 Å². The fraction of sp³-hybridized carbons (Fsp3) is 0.500. The molecule has 8 nitrogen and oxygen atoms in total. The van der Waals surface area contributed by atoms with Crippen molar-refractivity contribution in [2.75, 3.05) is 0 Å². The third kappa shape index (κ3) is 3.02. The van der Waals surface area contributed by atoms with E-state index in [2.05, 4.69) is 10.3 Å². The van der Waals surface area contributed by atoms with Crippen LogP contribution in [0.25, 0.3) is 0 Å². The number of carbonyl (C=O) groups excluding carboxylic acids is 1. The minimum absolute atomic E-state index is 0.322. The molecule has 8 heteroatoms. The van der Waals surface area contributed by atoms with Crippen LogP contribution >= 0.6 is 0 Å². The van der Waals surface area contributed by atoms with Crippen LogP contribution in [0, 0.1) is 10.1 Å². The number of aromatic nitrogens is 1. The highest BCUT2D eigenvalue weighted by Gasteiger charge is 2.26. The number of hydrogen-bond acceptors (Lipinski definition) is 5. The minimum atomic E-state index is -0.708. The van der Waals surface area contributed by atoms with Gasteiger partial charge in [0.1, 0.15) is 5.56 Å². The number of aliphatic hydroxyl groups is 1. The van der Waals surface area contributed by atoms with Gasteiger partial charge in [0.25, 0.3) is 17.2 Å². The number of nitrogens with zero attached hydrogens (tertiary/aromatic N) is 1. The molecule has 0 spiro atoms. The molecule has 0 aliphatic heterocycles. The van der Waals surface area contributed by atoms with Crippen molar-refractivity contribution in [3.05, 3.63) is 38.3 Å². The zero-order chi connectivity index (χ0) is 14.7. The van der Waals surface area contributed by atoms with Gasteiger partial charge >= 0.3 is 0 Å². The van der Waals surface area contributed by atoms with Gasteiger partial charge < -0.3 is 15.4 Å². The Balaban J connectivity index is 2.18. The van der Waals surface area contributed by atoms with Gasteiger partial charge in [-0.25, -0.2) is 0 Å². The van der Waals surface area contributed by atoms with Gasteiger partial charge in [0.15, 0.2) is 0 Å². The molecule has 2 rings (SSSR count). The van der Waals surface area contributed by atoms with Crippen molar-refractivity contribution in [3.63, 3.8) is 0 Å². The summed E-state index contributed by atoms with van der Waals surface area (Å²) in [6.45, 7) is 0. The van der Waals surface area contributed by atoms with E-state index in [1.54, 1.807) is 0 Å². The summed E-state index contributed by atoms with van der Waals surface area (Å²) in [5.41, 5.74) is -1.38. The number of amides is 1. The first-order chi connectivity index (χ1) is 9.49. The van der Waals surface area contributed by atoms with E-state index in [0.29, 0.717) is 12.8 Å². The van der Waals surface area contributed by atoms with Crippen molar-refractivity contribution < 1.29 is 14.8 Å². The molecule has 1 amide bonds. The molecule has 3 N–H and O–H groups in total. The fourth-order valence-electron chi connectivity index (χ4n) is 2.27. The van der Waals surface area contributed by atoms with Gasteiger partial charge in [-0.3, -0.25) is 19.7 Å². The van der Waals surface area contributed by atoms with Crippen LogP contribution in [-0.4, -0.2) is 33.1 Å². The zero-order valence-corrected chi connectivity index (χ0v) is 10.7. The van der Waals surface area contributed by atoms with E-state index in [9.17, 15) is 24.8 Å². The van der Waals surface area contributed by atoms with Crippen molar-refractivity contribution in [2.45, 2.75) is 37.8 Å². The van der Waals surface area contributed by atoms with E-state index < -0.39 is 28.5 Å². The van der Waals surface area contributed by atoms with E-state index in [1.165, 1.54) is 0 Å². The molecule has 0 saturated heterocycles. The summed E-state index contributed by atoms with van der Waals surface area (Å²) >= 11 is 0. The molecule has 0 radical (unpaired) electrons. The number of carbonyl (C=O) groups is 1. The van der Waals surface area contributed by atoms with Gasteiger partial charge in [-0.05, 0) is 12.8 Å². The predicted octanol–water partition coefficient (Wildman–Crippen LogP) is 0.316. The molecule has 1 fully saturated rings. The summed E-state index contributed by atoms with van der Waals surface area (Å²) in [7, 11) is 0. The Labute approximate surface area is 114 Å². The number of nitrogens with one attached hydrogen (secondary N) is 2. The van der Waals surface area contributed by atoms with Crippen LogP contribution in [0.4, 0.5) is 5.69 Å². The number of pyridine rings is 1. The molecule has 20 heavy (non-hydrogen) atoms. The lowest BCUT2D eigenvalue weighted by molar-refractivity contribution is -0.385. The summed E-state index contributed by atoms with van der Waals surface area (Å²) in [4.78, 5) is 35.7. The largest absolute Gasteiger partial charge is 0.391 e. The summed E-state index contributed by atoms with van der Waals surface area (Å²) in [6.07, 6.45) is 3.29. The summed E-state index contributed by atoms with van der Waals surface area (Å²) in [6, 6.07) is 0.513. The number of aliphatic hydroxyl groups excluding tert-OH is 1. The Hall–Kier alpha value is -2.22. The molecular formula is C12H15N3O5. The van der Waals surface area contributed by atoms with Crippen molar-refractivity contribution in [2.24, 2.45) is 0 Å². The van der Waals surface area contributed by atoms with Crippen LogP contribution in [0.5, 0.6) is 0 Å². The Kier molecular flexibility index (Phi) is 4.14. The minimum Gasteiger partial charge on any atom is -0.391 e. The van der Waals surface area contributed by atoms with Crippen molar-refractivity contribution in [1.82, 2.24) is 10.3 Å². The Morgan fingerprint density at radius 3 is 2.80 bits per heavy atom. The second-order valence-corrected chi connectivity index (χ2v) is 4.79. The summed E-state index contributed by atoms with van der Waals surface area (Å²) < 4.78 is 0. The molecule has 0 aromatic carbocycles. The highest BCUT2D eigenvalue weighted by molar-refractivity contribution is 5.94. The molecule has 1 saturated carbocycles. The lowest BCUT2D eigenvalue weighted by atomic mass is 9.92.